The summed E-state index contributed by atoms with van der Waals surface area (Å²) in [4.78, 5) is 15.8. The van der Waals surface area contributed by atoms with E-state index >= 15 is 0 Å². The number of aromatic nitrogens is 1. The van der Waals surface area contributed by atoms with Crippen LogP contribution in [0.1, 0.15) is 18.4 Å². The minimum atomic E-state index is -0.241. The van der Waals surface area contributed by atoms with E-state index in [1.54, 1.807) is 6.20 Å². The van der Waals surface area contributed by atoms with Crippen molar-refractivity contribution >= 4 is 5.91 Å². The van der Waals surface area contributed by atoms with E-state index in [0.29, 0.717) is 13.1 Å². The van der Waals surface area contributed by atoms with Crippen molar-refractivity contribution in [1.29, 1.82) is 0 Å². The third-order valence-electron chi connectivity index (χ3n) is 3.15. The summed E-state index contributed by atoms with van der Waals surface area (Å²) >= 11 is 0. The van der Waals surface area contributed by atoms with Crippen molar-refractivity contribution in [2.45, 2.75) is 19.3 Å². The lowest BCUT2D eigenvalue weighted by molar-refractivity contribution is -0.125. The third-order valence-corrected chi connectivity index (χ3v) is 3.15. The monoisotopic (exact) mass is 219 g/mol. The molecular weight excluding hydrogens is 202 g/mol. The summed E-state index contributed by atoms with van der Waals surface area (Å²) in [6.07, 6.45) is 6.25. The molecule has 2 rings (SSSR count). The lowest BCUT2D eigenvalue weighted by atomic mass is 10.1. The quantitative estimate of drug-likeness (QED) is 0.757. The van der Waals surface area contributed by atoms with E-state index in [1.807, 2.05) is 18.3 Å². The maximum atomic E-state index is 11.7. The predicted molar refractivity (Wildman–Crippen MR) is 61.7 cm³/mol. The first kappa shape index (κ1) is 11.1. The molecule has 0 bridgehead atoms. The normalized spacial score (nSPS) is 16.8. The SMILES string of the molecule is NCC1(C(=O)NCCc2cccnc2)CC1. The smallest absolute Gasteiger partial charge is 0.227 e. The molecule has 1 fully saturated rings. The topological polar surface area (TPSA) is 68.0 Å². The van der Waals surface area contributed by atoms with Gasteiger partial charge in [-0.05, 0) is 30.9 Å². The molecule has 1 aromatic heterocycles. The first-order valence-corrected chi connectivity index (χ1v) is 5.64. The van der Waals surface area contributed by atoms with Crippen LogP contribution >= 0.6 is 0 Å². The Kier molecular flexibility index (Phi) is 3.19. The predicted octanol–water partition coefficient (Wildman–Crippen LogP) is 0.479. The number of nitrogens with zero attached hydrogens (tertiary/aromatic N) is 1. The Balaban J connectivity index is 1.75. The Hall–Kier alpha value is -1.42. The molecule has 1 aliphatic carbocycles. The first-order valence-electron chi connectivity index (χ1n) is 5.64. The van der Waals surface area contributed by atoms with E-state index in [4.69, 9.17) is 5.73 Å². The van der Waals surface area contributed by atoms with Gasteiger partial charge in [0, 0.05) is 25.5 Å². The zero-order chi connectivity index (χ0) is 11.4. The third kappa shape index (κ3) is 2.39. The molecule has 16 heavy (non-hydrogen) atoms. The van der Waals surface area contributed by atoms with Crippen LogP contribution in [0.3, 0.4) is 0 Å². The Bertz CT molecular complexity index is 360. The van der Waals surface area contributed by atoms with Crippen LogP contribution in [-0.4, -0.2) is 24.0 Å². The number of hydrogen-bond donors (Lipinski definition) is 2. The minimum Gasteiger partial charge on any atom is -0.355 e. The van der Waals surface area contributed by atoms with Gasteiger partial charge in [0.2, 0.25) is 5.91 Å². The Morgan fingerprint density at radius 1 is 1.56 bits per heavy atom. The van der Waals surface area contributed by atoms with Gasteiger partial charge < -0.3 is 11.1 Å². The van der Waals surface area contributed by atoms with Gasteiger partial charge in [0.1, 0.15) is 0 Å². The van der Waals surface area contributed by atoms with Gasteiger partial charge in [-0.1, -0.05) is 6.07 Å². The molecule has 1 aliphatic rings. The molecule has 1 saturated carbocycles. The average Bonchev–Trinajstić information content (AvgIpc) is 3.11. The van der Waals surface area contributed by atoms with Crippen molar-refractivity contribution in [3.63, 3.8) is 0 Å². The fourth-order valence-corrected chi connectivity index (χ4v) is 1.73. The van der Waals surface area contributed by atoms with Gasteiger partial charge in [-0.25, -0.2) is 0 Å². The highest BCUT2D eigenvalue weighted by Gasteiger charge is 2.48. The first-order chi connectivity index (χ1) is 7.77. The summed E-state index contributed by atoms with van der Waals surface area (Å²) in [7, 11) is 0. The van der Waals surface area contributed by atoms with Crippen LogP contribution in [0.2, 0.25) is 0 Å². The molecule has 4 heteroatoms. The van der Waals surface area contributed by atoms with E-state index in [0.717, 1.165) is 24.8 Å². The Labute approximate surface area is 95.3 Å². The molecule has 1 heterocycles. The second kappa shape index (κ2) is 4.61. The van der Waals surface area contributed by atoms with E-state index in [9.17, 15) is 4.79 Å². The molecule has 4 nitrogen and oxygen atoms in total. The molecule has 0 radical (unpaired) electrons. The number of rotatable bonds is 5. The molecule has 0 spiro atoms. The average molecular weight is 219 g/mol. The summed E-state index contributed by atoms with van der Waals surface area (Å²) in [5.74, 6) is 0.110. The highest BCUT2D eigenvalue weighted by molar-refractivity contribution is 5.85. The van der Waals surface area contributed by atoms with Gasteiger partial charge >= 0.3 is 0 Å². The highest BCUT2D eigenvalue weighted by Crippen LogP contribution is 2.44. The fraction of sp³-hybridized carbons (Fsp3) is 0.500. The second-order valence-corrected chi connectivity index (χ2v) is 4.35. The summed E-state index contributed by atoms with van der Waals surface area (Å²) in [5.41, 5.74) is 6.48. The minimum absolute atomic E-state index is 0.110. The summed E-state index contributed by atoms with van der Waals surface area (Å²) in [6.45, 7) is 1.12. The van der Waals surface area contributed by atoms with Crippen LogP contribution in [0.15, 0.2) is 24.5 Å². The molecule has 1 amide bonds. The number of nitrogens with two attached hydrogens (primary N) is 1. The number of nitrogens with one attached hydrogen (secondary N) is 1. The standard InChI is InChI=1S/C12H17N3O/c13-9-12(4-5-12)11(16)15-7-3-10-2-1-6-14-8-10/h1-2,6,8H,3-5,7,9,13H2,(H,15,16). The lowest BCUT2D eigenvalue weighted by Crippen LogP contribution is -2.37. The van der Waals surface area contributed by atoms with Crippen LogP contribution in [0.5, 0.6) is 0 Å². The van der Waals surface area contributed by atoms with Gasteiger partial charge in [0.25, 0.3) is 0 Å². The Morgan fingerprint density at radius 2 is 2.38 bits per heavy atom. The van der Waals surface area contributed by atoms with Crippen molar-refractivity contribution in [2.75, 3.05) is 13.1 Å². The van der Waals surface area contributed by atoms with E-state index in [1.165, 1.54) is 0 Å². The molecule has 0 atom stereocenters. The molecule has 0 aromatic carbocycles. The second-order valence-electron chi connectivity index (χ2n) is 4.35. The van der Waals surface area contributed by atoms with Gasteiger partial charge in [-0.3, -0.25) is 9.78 Å². The number of carbonyl (C=O) groups is 1. The Morgan fingerprint density at radius 3 is 2.94 bits per heavy atom. The molecule has 3 N–H and O–H groups in total. The van der Waals surface area contributed by atoms with Crippen molar-refractivity contribution in [3.8, 4) is 0 Å². The molecule has 0 aliphatic heterocycles. The van der Waals surface area contributed by atoms with Crippen molar-refractivity contribution in [1.82, 2.24) is 10.3 Å². The van der Waals surface area contributed by atoms with E-state index < -0.39 is 0 Å². The highest BCUT2D eigenvalue weighted by atomic mass is 16.2. The number of pyridine rings is 1. The number of amides is 1. The van der Waals surface area contributed by atoms with Crippen LogP contribution in [0.4, 0.5) is 0 Å². The van der Waals surface area contributed by atoms with E-state index in [2.05, 4.69) is 10.3 Å². The summed E-state index contributed by atoms with van der Waals surface area (Å²) in [6, 6.07) is 3.91. The van der Waals surface area contributed by atoms with Gasteiger partial charge in [0.05, 0.1) is 5.41 Å². The fourth-order valence-electron chi connectivity index (χ4n) is 1.73. The van der Waals surface area contributed by atoms with Crippen LogP contribution in [-0.2, 0) is 11.2 Å². The maximum Gasteiger partial charge on any atom is 0.227 e. The van der Waals surface area contributed by atoms with Crippen molar-refractivity contribution in [3.05, 3.63) is 30.1 Å². The zero-order valence-corrected chi connectivity index (χ0v) is 9.28. The zero-order valence-electron chi connectivity index (χ0n) is 9.28. The molecule has 0 saturated heterocycles. The van der Waals surface area contributed by atoms with Crippen LogP contribution in [0.25, 0.3) is 0 Å². The summed E-state index contributed by atoms with van der Waals surface area (Å²) in [5, 5.41) is 2.94. The van der Waals surface area contributed by atoms with E-state index in [-0.39, 0.29) is 11.3 Å². The maximum absolute atomic E-state index is 11.7. The largest absolute Gasteiger partial charge is 0.355 e. The number of carbonyl (C=O) groups excluding carboxylic acids is 1. The van der Waals surface area contributed by atoms with Crippen molar-refractivity contribution in [2.24, 2.45) is 11.1 Å². The lowest BCUT2D eigenvalue weighted by Gasteiger charge is -2.12. The number of hydrogen-bond acceptors (Lipinski definition) is 3. The molecule has 0 unspecified atom stereocenters. The molecule has 86 valence electrons. The molecule has 1 aromatic rings. The van der Waals surface area contributed by atoms with Gasteiger partial charge in [-0.2, -0.15) is 0 Å². The van der Waals surface area contributed by atoms with Crippen LogP contribution in [0, 0.1) is 5.41 Å². The van der Waals surface area contributed by atoms with Crippen LogP contribution < -0.4 is 11.1 Å². The van der Waals surface area contributed by atoms with Crippen molar-refractivity contribution < 1.29 is 4.79 Å². The van der Waals surface area contributed by atoms with Gasteiger partial charge in [-0.15, -0.1) is 0 Å². The summed E-state index contributed by atoms with van der Waals surface area (Å²) < 4.78 is 0. The molecular formula is C12H17N3O. The van der Waals surface area contributed by atoms with Gasteiger partial charge in [0.15, 0.2) is 0 Å².